The van der Waals surface area contributed by atoms with Crippen molar-refractivity contribution in [3.8, 4) is 0 Å². The monoisotopic (exact) mass is 391 g/mol. The van der Waals surface area contributed by atoms with E-state index in [1.807, 2.05) is 12.2 Å². The average molecular weight is 392 g/mol. The predicted molar refractivity (Wildman–Crippen MR) is 110 cm³/mol. The van der Waals surface area contributed by atoms with E-state index in [4.69, 9.17) is 11.6 Å². The van der Waals surface area contributed by atoms with Gasteiger partial charge in [-0.25, -0.2) is 0 Å². The lowest BCUT2D eigenvalue weighted by molar-refractivity contribution is -0.128. The molecule has 4 aliphatic carbocycles. The van der Waals surface area contributed by atoms with Gasteiger partial charge in [-0.05, 0) is 99.8 Å². The maximum Gasteiger partial charge on any atom is 0.249 e. The highest BCUT2D eigenvalue weighted by atomic mass is 35.5. The van der Waals surface area contributed by atoms with Gasteiger partial charge in [0.1, 0.15) is 5.54 Å². The summed E-state index contributed by atoms with van der Waals surface area (Å²) < 4.78 is 0. The summed E-state index contributed by atoms with van der Waals surface area (Å²) in [6.07, 6.45) is 15.6. The van der Waals surface area contributed by atoms with Gasteiger partial charge in [-0.15, -0.1) is 0 Å². The molecule has 0 aromatic rings. The molecule has 150 valence electrons. The molecule has 27 heavy (non-hydrogen) atoms. The van der Waals surface area contributed by atoms with E-state index in [0.717, 1.165) is 50.2 Å². The van der Waals surface area contributed by atoms with Gasteiger partial charge in [0.05, 0.1) is 5.03 Å². The second-order valence-corrected chi connectivity index (χ2v) is 9.97. The van der Waals surface area contributed by atoms with E-state index in [9.17, 15) is 4.79 Å². The largest absolute Gasteiger partial charge is 0.373 e. The Labute approximate surface area is 168 Å². The van der Waals surface area contributed by atoms with Gasteiger partial charge >= 0.3 is 0 Å². The lowest BCUT2D eigenvalue weighted by Gasteiger charge is -2.57. The fourth-order valence-corrected chi connectivity index (χ4v) is 6.64. The Kier molecular flexibility index (Phi) is 5.57. The van der Waals surface area contributed by atoms with Crippen molar-refractivity contribution in [1.82, 2.24) is 16.0 Å². The molecule has 4 bridgehead atoms. The van der Waals surface area contributed by atoms with Gasteiger partial charge in [0.25, 0.3) is 0 Å². The Morgan fingerprint density at radius 1 is 1.22 bits per heavy atom. The number of hydrogen-bond donors (Lipinski definition) is 3. The summed E-state index contributed by atoms with van der Waals surface area (Å²) >= 11 is 6.09. The molecule has 5 aliphatic rings. The van der Waals surface area contributed by atoms with Crippen LogP contribution in [0.1, 0.15) is 58.3 Å². The average Bonchev–Trinajstić information content (AvgIpc) is 2.64. The summed E-state index contributed by atoms with van der Waals surface area (Å²) in [7, 11) is 0. The van der Waals surface area contributed by atoms with Crippen molar-refractivity contribution in [2.45, 2.75) is 63.8 Å². The van der Waals surface area contributed by atoms with Crippen molar-refractivity contribution in [1.29, 1.82) is 0 Å². The molecule has 1 unspecified atom stereocenters. The zero-order valence-electron chi connectivity index (χ0n) is 16.5. The maximum atomic E-state index is 13.3. The van der Waals surface area contributed by atoms with Gasteiger partial charge < -0.3 is 16.0 Å². The zero-order valence-corrected chi connectivity index (χ0v) is 17.3. The number of dihydropyridines is 1. The fourth-order valence-electron chi connectivity index (χ4n) is 6.53. The molecule has 4 saturated carbocycles. The number of nitrogens with one attached hydrogen (secondary N) is 3. The quantitative estimate of drug-likeness (QED) is 0.553. The molecule has 0 spiro atoms. The van der Waals surface area contributed by atoms with Crippen molar-refractivity contribution in [2.75, 3.05) is 19.6 Å². The van der Waals surface area contributed by atoms with Gasteiger partial charge in [0.2, 0.25) is 5.91 Å². The minimum atomic E-state index is -0.671. The summed E-state index contributed by atoms with van der Waals surface area (Å²) in [6, 6.07) is 0. The third-order valence-corrected chi connectivity index (χ3v) is 7.60. The van der Waals surface area contributed by atoms with Crippen molar-refractivity contribution in [2.24, 2.45) is 23.2 Å². The molecule has 1 heterocycles. The van der Waals surface area contributed by atoms with E-state index in [0.29, 0.717) is 10.4 Å². The van der Waals surface area contributed by atoms with Gasteiger partial charge in [-0.2, -0.15) is 0 Å². The smallest absolute Gasteiger partial charge is 0.249 e. The number of hydrogen-bond acceptors (Lipinski definition) is 3. The van der Waals surface area contributed by atoms with E-state index in [-0.39, 0.29) is 5.91 Å². The summed E-state index contributed by atoms with van der Waals surface area (Å²) in [4.78, 5) is 13.3. The molecular formula is C22H34ClN3O. The van der Waals surface area contributed by atoms with Gasteiger partial charge in [0, 0.05) is 12.7 Å². The molecule has 1 atom stereocenters. The van der Waals surface area contributed by atoms with Crippen LogP contribution >= 0.6 is 11.6 Å². The number of carbonyl (C=O) groups is 1. The van der Waals surface area contributed by atoms with Gasteiger partial charge in [-0.1, -0.05) is 18.5 Å². The minimum absolute atomic E-state index is 0.103. The number of rotatable bonds is 8. The van der Waals surface area contributed by atoms with E-state index < -0.39 is 5.54 Å². The molecule has 4 fully saturated rings. The molecule has 1 aliphatic heterocycles. The number of halogens is 1. The van der Waals surface area contributed by atoms with Crippen LogP contribution in [-0.4, -0.2) is 31.1 Å². The lowest BCUT2D eigenvalue weighted by Crippen LogP contribution is -2.58. The molecule has 3 N–H and O–H groups in total. The van der Waals surface area contributed by atoms with Crippen LogP contribution in [0.5, 0.6) is 0 Å². The SMILES string of the molecule is CCNCCCC1(C(=O)NCC23CC4CC(CC(C4)C2)C3)C=CC(Cl)=CN1. The summed E-state index contributed by atoms with van der Waals surface area (Å²) in [6.45, 7) is 4.83. The first-order valence-corrected chi connectivity index (χ1v) is 11.2. The van der Waals surface area contributed by atoms with E-state index >= 15 is 0 Å². The van der Waals surface area contributed by atoms with Crippen LogP contribution in [0, 0.1) is 23.2 Å². The second kappa shape index (κ2) is 7.79. The topological polar surface area (TPSA) is 53.2 Å². The molecule has 1 amide bonds. The van der Waals surface area contributed by atoms with Crippen molar-refractivity contribution in [3.05, 3.63) is 23.4 Å². The summed E-state index contributed by atoms with van der Waals surface area (Å²) in [5, 5.41) is 10.7. The highest BCUT2D eigenvalue weighted by molar-refractivity contribution is 6.31. The molecular weight excluding hydrogens is 358 g/mol. The van der Waals surface area contributed by atoms with Crippen LogP contribution in [0.2, 0.25) is 0 Å². The fraction of sp³-hybridized carbons (Fsp3) is 0.773. The molecule has 0 aromatic heterocycles. The Morgan fingerprint density at radius 3 is 2.44 bits per heavy atom. The maximum absolute atomic E-state index is 13.3. The van der Waals surface area contributed by atoms with Gasteiger partial charge in [-0.3, -0.25) is 4.79 Å². The molecule has 0 aromatic carbocycles. The first kappa shape index (κ1) is 19.3. The Bertz CT molecular complexity index is 594. The highest BCUT2D eigenvalue weighted by Gasteiger charge is 2.51. The summed E-state index contributed by atoms with van der Waals surface area (Å²) in [5.41, 5.74) is -0.308. The number of carbonyl (C=O) groups excluding carboxylic acids is 1. The third kappa shape index (κ3) is 4.07. The number of allylic oxidation sites excluding steroid dienone is 2. The normalized spacial score (nSPS) is 39.2. The molecule has 5 rings (SSSR count). The van der Waals surface area contributed by atoms with Crippen LogP contribution in [0.25, 0.3) is 0 Å². The van der Waals surface area contributed by atoms with Crippen LogP contribution in [0.4, 0.5) is 0 Å². The molecule has 0 radical (unpaired) electrons. The molecule has 0 saturated heterocycles. The van der Waals surface area contributed by atoms with Crippen LogP contribution in [0.3, 0.4) is 0 Å². The minimum Gasteiger partial charge on any atom is -0.373 e. The second-order valence-electron chi connectivity index (χ2n) is 9.54. The highest BCUT2D eigenvalue weighted by Crippen LogP contribution is 2.59. The Hall–Kier alpha value is -1.00. The van der Waals surface area contributed by atoms with Crippen molar-refractivity contribution in [3.63, 3.8) is 0 Å². The zero-order chi connectivity index (χ0) is 18.9. The van der Waals surface area contributed by atoms with E-state index in [2.05, 4.69) is 22.9 Å². The van der Waals surface area contributed by atoms with Crippen molar-refractivity contribution < 1.29 is 4.79 Å². The standard InChI is InChI=1S/C22H34ClN3O/c1-2-24-7-3-5-22(6-4-19(23)14-26-22)20(27)25-15-21-11-16-8-17(12-21)10-18(9-16)13-21/h4,6,14,16-18,24,26H,2-3,5,7-13,15H2,1H3,(H,25,27). The van der Waals surface area contributed by atoms with Crippen LogP contribution < -0.4 is 16.0 Å². The predicted octanol–water partition coefficient (Wildman–Crippen LogP) is 3.69. The Balaban J connectivity index is 1.39. The van der Waals surface area contributed by atoms with Crippen LogP contribution in [0.15, 0.2) is 23.4 Å². The van der Waals surface area contributed by atoms with Gasteiger partial charge in [0.15, 0.2) is 0 Å². The molecule has 5 heteroatoms. The van der Waals surface area contributed by atoms with E-state index in [1.165, 1.54) is 38.5 Å². The first-order valence-electron chi connectivity index (χ1n) is 10.8. The number of amides is 1. The van der Waals surface area contributed by atoms with E-state index in [1.54, 1.807) is 6.20 Å². The first-order chi connectivity index (χ1) is 13.0. The third-order valence-electron chi connectivity index (χ3n) is 7.36. The van der Waals surface area contributed by atoms with Crippen LogP contribution in [-0.2, 0) is 4.79 Å². The molecule has 4 nitrogen and oxygen atoms in total. The Morgan fingerprint density at radius 2 is 1.89 bits per heavy atom. The van der Waals surface area contributed by atoms with Crippen molar-refractivity contribution >= 4 is 17.5 Å². The lowest BCUT2D eigenvalue weighted by atomic mass is 9.49. The summed E-state index contributed by atoms with van der Waals surface area (Å²) in [5.74, 6) is 2.84.